The lowest BCUT2D eigenvalue weighted by Gasteiger charge is -2.35. The van der Waals surface area contributed by atoms with E-state index in [1.807, 2.05) is 67.7 Å². The fraction of sp³-hybridized carbons (Fsp3) is 0.320. The standard InChI is InChI=1S/C25H27N5O.2ClH/c1-19-11-20(2)13-23(12-19)25(31)29-9-7-28(8-10-29)17-24-15-27-18-30(24)16-22-5-3-21(14-26)4-6-22;;/h3-6,11-13,15,18H,7-10,16-17H2,1-2H3;2*1H. The zero-order valence-corrected chi connectivity index (χ0v) is 20.5. The lowest BCUT2D eigenvalue weighted by molar-refractivity contribution is 0.0625. The summed E-state index contributed by atoms with van der Waals surface area (Å²) in [5.74, 6) is 0.123. The molecule has 174 valence electrons. The highest BCUT2D eigenvalue weighted by Gasteiger charge is 2.23. The number of benzene rings is 2. The van der Waals surface area contributed by atoms with Gasteiger partial charge in [-0.2, -0.15) is 5.26 Å². The van der Waals surface area contributed by atoms with E-state index in [4.69, 9.17) is 5.26 Å². The normalized spacial score (nSPS) is 13.5. The van der Waals surface area contributed by atoms with Crippen molar-refractivity contribution in [3.63, 3.8) is 0 Å². The fourth-order valence-electron chi connectivity index (χ4n) is 4.12. The SMILES string of the molecule is Cc1cc(C)cc(C(=O)N2CCN(Cc3cncn3Cc3ccc(C#N)cc3)CC2)c1.Cl.Cl. The zero-order chi connectivity index (χ0) is 21.8. The number of amides is 1. The summed E-state index contributed by atoms with van der Waals surface area (Å²) in [7, 11) is 0. The molecule has 0 unspecified atom stereocenters. The molecule has 0 aliphatic carbocycles. The topological polar surface area (TPSA) is 65.2 Å². The van der Waals surface area contributed by atoms with Gasteiger partial charge in [0.25, 0.3) is 5.91 Å². The lowest BCUT2D eigenvalue weighted by atomic mass is 10.1. The lowest BCUT2D eigenvalue weighted by Crippen LogP contribution is -2.48. The molecule has 1 aliphatic rings. The molecule has 1 fully saturated rings. The van der Waals surface area contributed by atoms with E-state index < -0.39 is 0 Å². The molecule has 0 atom stereocenters. The number of hydrogen-bond acceptors (Lipinski definition) is 4. The van der Waals surface area contributed by atoms with Gasteiger partial charge in [-0.1, -0.05) is 29.3 Å². The molecule has 4 rings (SSSR count). The van der Waals surface area contributed by atoms with Crippen LogP contribution in [-0.4, -0.2) is 51.4 Å². The first-order valence-corrected chi connectivity index (χ1v) is 10.6. The van der Waals surface area contributed by atoms with Crippen LogP contribution in [0.4, 0.5) is 0 Å². The second kappa shape index (κ2) is 11.9. The Morgan fingerprint density at radius 3 is 2.21 bits per heavy atom. The van der Waals surface area contributed by atoms with Crippen LogP contribution in [0.25, 0.3) is 0 Å². The monoisotopic (exact) mass is 485 g/mol. The number of piperazine rings is 1. The van der Waals surface area contributed by atoms with Crippen LogP contribution in [0, 0.1) is 25.2 Å². The first-order chi connectivity index (χ1) is 15.0. The molecule has 1 aromatic heterocycles. The van der Waals surface area contributed by atoms with Gasteiger partial charge in [-0.05, 0) is 43.7 Å². The molecule has 0 spiro atoms. The Morgan fingerprint density at radius 2 is 1.61 bits per heavy atom. The van der Waals surface area contributed by atoms with Gasteiger partial charge >= 0.3 is 0 Å². The van der Waals surface area contributed by atoms with Gasteiger partial charge in [-0.15, -0.1) is 24.8 Å². The number of imidazole rings is 1. The number of carbonyl (C=O) groups excluding carboxylic acids is 1. The molecule has 6 nitrogen and oxygen atoms in total. The molecule has 1 aliphatic heterocycles. The highest BCUT2D eigenvalue weighted by molar-refractivity contribution is 5.94. The van der Waals surface area contributed by atoms with E-state index in [-0.39, 0.29) is 30.7 Å². The molecule has 3 aromatic rings. The second-order valence-corrected chi connectivity index (χ2v) is 8.27. The third kappa shape index (κ3) is 6.58. The summed E-state index contributed by atoms with van der Waals surface area (Å²) < 4.78 is 2.15. The van der Waals surface area contributed by atoms with Crippen LogP contribution in [0.3, 0.4) is 0 Å². The molecule has 33 heavy (non-hydrogen) atoms. The summed E-state index contributed by atoms with van der Waals surface area (Å²) in [6, 6.07) is 15.9. The third-order valence-corrected chi connectivity index (χ3v) is 5.75. The predicted octanol–water partition coefficient (Wildman–Crippen LogP) is 4.22. The predicted molar refractivity (Wildman–Crippen MR) is 134 cm³/mol. The number of halogens is 2. The highest BCUT2D eigenvalue weighted by Crippen LogP contribution is 2.15. The molecule has 8 heteroatoms. The smallest absolute Gasteiger partial charge is 0.253 e. The minimum Gasteiger partial charge on any atom is -0.336 e. The van der Waals surface area contributed by atoms with Crippen molar-refractivity contribution in [1.29, 1.82) is 5.26 Å². The van der Waals surface area contributed by atoms with Crippen molar-refractivity contribution in [2.75, 3.05) is 26.2 Å². The van der Waals surface area contributed by atoms with Crippen LogP contribution in [0.2, 0.25) is 0 Å². The first-order valence-electron chi connectivity index (χ1n) is 10.6. The van der Waals surface area contributed by atoms with Crippen molar-refractivity contribution in [1.82, 2.24) is 19.4 Å². The fourth-order valence-corrected chi connectivity index (χ4v) is 4.12. The number of hydrogen-bond donors (Lipinski definition) is 0. The van der Waals surface area contributed by atoms with E-state index >= 15 is 0 Å². The van der Waals surface area contributed by atoms with Crippen LogP contribution in [-0.2, 0) is 13.1 Å². The number of carbonyl (C=O) groups is 1. The van der Waals surface area contributed by atoms with Crippen LogP contribution < -0.4 is 0 Å². The Hall–Kier alpha value is -2.85. The first kappa shape index (κ1) is 26.4. The van der Waals surface area contributed by atoms with Crippen molar-refractivity contribution in [3.8, 4) is 6.07 Å². The van der Waals surface area contributed by atoms with Gasteiger partial charge in [0.05, 0.1) is 23.7 Å². The Bertz CT molecular complexity index is 1090. The van der Waals surface area contributed by atoms with Crippen LogP contribution in [0.5, 0.6) is 0 Å². The molecular weight excluding hydrogens is 457 g/mol. The maximum Gasteiger partial charge on any atom is 0.253 e. The Balaban J connectivity index is 0.00000193. The minimum absolute atomic E-state index is 0. The summed E-state index contributed by atoms with van der Waals surface area (Å²) in [5.41, 5.74) is 5.99. The summed E-state index contributed by atoms with van der Waals surface area (Å²) in [4.78, 5) is 21.6. The highest BCUT2D eigenvalue weighted by atomic mass is 35.5. The van der Waals surface area contributed by atoms with E-state index in [1.54, 1.807) is 0 Å². The van der Waals surface area contributed by atoms with E-state index in [0.29, 0.717) is 5.56 Å². The molecule has 0 N–H and O–H groups in total. The molecule has 0 saturated carbocycles. The Labute approximate surface area is 207 Å². The van der Waals surface area contributed by atoms with Crippen molar-refractivity contribution in [3.05, 3.63) is 88.5 Å². The summed E-state index contributed by atoms with van der Waals surface area (Å²) in [6.07, 6.45) is 3.77. The largest absolute Gasteiger partial charge is 0.336 e. The maximum absolute atomic E-state index is 12.9. The molecule has 2 aromatic carbocycles. The van der Waals surface area contributed by atoms with Gasteiger partial charge in [-0.3, -0.25) is 9.69 Å². The van der Waals surface area contributed by atoms with Gasteiger partial charge < -0.3 is 9.47 Å². The zero-order valence-electron chi connectivity index (χ0n) is 18.9. The second-order valence-electron chi connectivity index (χ2n) is 8.27. The van der Waals surface area contributed by atoms with E-state index in [9.17, 15) is 4.79 Å². The molecular formula is C25H29Cl2N5O. The van der Waals surface area contributed by atoms with Crippen molar-refractivity contribution in [2.24, 2.45) is 0 Å². The summed E-state index contributed by atoms with van der Waals surface area (Å²) in [6.45, 7) is 8.75. The third-order valence-electron chi connectivity index (χ3n) is 5.75. The maximum atomic E-state index is 12.9. The van der Waals surface area contributed by atoms with Crippen LogP contribution >= 0.6 is 24.8 Å². The quantitative estimate of drug-likeness (QED) is 0.542. The Morgan fingerprint density at radius 1 is 0.970 bits per heavy atom. The number of rotatable bonds is 5. The molecule has 1 amide bonds. The van der Waals surface area contributed by atoms with E-state index in [2.05, 4.69) is 26.6 Å². The van der Waals surface area contributed by atoms with Crippen molar-refractivity contribution in [2.45, 2.75) is 26.9 Å². The summed E-state index contributed by atoms with van der Waals surface area (Å²) in [5, 5.41) is 8.96. The van der Waals surface area contributed by atoms with Gasteiger partial charge in [0.1, 0.15) is 0 Å². The van der Waals surface area contributed by atoms with Crippen LogP contribution in [0.1, 0.15) is 38.3 Å². The van der Waals surface area contributed by atoms with E-state index in [1.165, 1.54) is 0 Å². The van der Waals surface area contributed by atoms with Gasteiger partial charge in [-0.25, -0.2) is 4.98 Å². The minimum atomic E-state index is 0. The van der Waals surface area contributed by atoms with Crippen molar-refractivity contribution < 1.29 is 4.79 Å². The average molecular weight is 486 g/mol. The van der Waals surface area contributed by atoms with Gasteiger partial charge in [0.2, 0.25) is 0 Å². The summed E-state index contributed by atoms with van der Waals surface area (Å²) >= 11 is 0. The van der Waals surface area contributed by atoms with Gasteiger partial charge in [0, 0.05) is 51.0 Å². The molecule has 0 radical (unpaired) electrons. The Kier molecular flexibility index (Phi) is 9.48. The molecule has 0 bridgehead atoms. The average Bonchev–Trinajstić information content (AvgIpc) is 3.20. The number of nitriles is 1. The van der Waals surface area contributed by atoms with Gasteiger partial charge in [0.15, 0.2) is 0 Å². The van der Waals surface area contributed by atoms with E-state index in [0.717, 1.165) is 67.2 Å². The molecule has 1 saturated heterocycles. The number of nitrogens with zero attached hydrogens (tertiary/aromatic N) is 5. The number of aryl methyl sites for hydroxylation is 2. The van der Waals surface area contributed by atoms with Crippen molar-refractivity contribution >= 4 is 30.7 Å². The molecule has 2 heterocycles. The number of aromatic nitrogens is 2. The van der Waals surface area contributed by atoms with Crippen LogP contribution in [0.15, 0.2) is 55.0 Å².